The average molecular weight is 400 g/mol. The molecule has 1 saturated heterocycles. The SMILES string of the molecule is Cc1cccc(N2CCN(C(=O)C(C)NC(=O)c3ccc(Cl)cc3)CC2)c1C. The molecule has 1 N–H and O–H groups in total. The minimum absolute atomic E-state index is 0.0528. The van der Waals surface area contributed by atoms with Gasteiger partial charge in [-0.05, 0) is 62.2 Å². The number of hydrogen-bond acceptors (Lipinski definition) is 3. The number of nitrogens with zero attached hydrogens (tertiary/aromatic N) is 2. The van der Waals surface area contributed by atoms with E-state index in [4.69, 9.17) is 11.6 Å². The number of aryl methyl sites for hydroxylation is 1. The smallest absolute Gasteiger partial charge is 0.251 e. The molecule has 1 aliphatic heterocycles. The lowest BCUT2D eigenvalue weighted by molar-refractivity contribution is -0.133. The molecule has 0 radical (unpaired) electrons. The maximum atomic E-state index is 12.8. The van der Waals surface area contributed by atoms with Gasteiger partial charge in [0.2, 0.25) is 5.91 Å². The molecule has 28 heavy (non-hydrogen) atoms. The van der Waals surface area contributed by atoms with Crippen LogP contribution < -0.4 is 10.2 Å². The molecular formula is C22H26ClN3O2. The molecule has 148 valence electrons. The van der Waals surface area contributed by atoms with Gasteiger partial charge in [-0.1, -0.05) is 23.7 Å². The zero-order valence-electron chi connectivity index (χ0n) is 16.5. The highest BCUT2D eigenvalue weighted by atomic mass is 35.5. The second kappa shape index (κ2) is 8.65. The lowest BCUT2D eigenvalue weighted by Crippen LogP contribution is -2.54. The monoisotopic (exact) mass is 399 g/mol. The Morgan fingerprint density at radius 3 is 2.29 bits per heavy atom. The molecule has 2 aromatic rings. The van der Waals surface area contributed by atoms with E-state index in [2.05, 4.69) is 42.3 Å². The van der Waals surface area contributed by atoms with Gasteiger partial charge in [-0.3, -0.25) is 9.59 Å². The Labute approximate surface area is 171 Å². The Morgan fingerprint density at radius 2 is 1.64 bits per heavy atom. The zero-order valence-corrected chi connectivity index (χ0v) is 17.3. The number of hydrogen-bond donors (Lipinski definition) is 1. The lowest BCUT2D eigenvalue weighted by atomic mass is 10.1. The predicted molar refractivity (Wildman–Crippen MR) is 113 cm³/mol. The fourth-order valence-corrected chi connectivity index (χ4v) is 3.59. The molecule has 1 heterocycles. The van der Waals surface area contributed by atoms with Gasteiger partial charge >= 0.3 is 0 Å². The summed E-state index contributed by atoms with van der Waals surface area (Å²) in [5.74, 6) is -0.325. The second-order valence-electron chi connectivity index (χ2n) is 7.23. The first-order valence-corrected chi connectivity index (χ1v) is 9.91. The standard InChI is InChI=1S/C22H26ClN3O2/c1-15-5-4-6-20(16(15)2)25-11-13-26(14-12-25)22(28)17(3)24-21(27)18-7-9-19(23)10-8-18/h4-10,17H,11-14H2,1-3H3,(H,24,27). The van der Waals surface area contributed by atoms with Crippen molar-refractivity contribution in [2.24, 2.45) is 0 Å². The molecule has 0 aromatic heterocycles. The van der Waals surface area contributed by atoms with E-state index in [1.165, 1.54) is 16.8 Å². The largest absolute Gasteiger partial charge is 0.368 e. The van der Waals surface area contributed by atoms with Crippen LogP contribution >= 0.6 is 11.6 Å². The van der Waals surface area contributed by atoms with Crippen molar-refractivity contribution in [3.05, 3.63) is 64.2 Å². The van der Waals surface area contributed by atoms with Crippen molar-refractivity contribution in [3.8, 4) is 0 Å². The number of carbonyl (C=O) groups is 2. The van der Waals surface area contributed by atoms with Gasteiger partial charge in [-0.15, -0.1) is 0 Å². The molecule has 1 aliphatic rings. The third kappa shape index (κ3) is 4.47. The second-order valence-corrected chi connectivity index (χ2v) is 7.67. The van der Waals surface area contributed by atoms with Gasteiger partial charge in [0.05, 0.1) is 0 Å². The summed E-state index contributed by atoms with van der Waals surface area (Å²) in [6.45, 7) is 8.84. The van der Waals surface area contributed by atoms with Crippen molar-refractivity contribution >= 4 is 29.1 Å². The quantitative estimate of drug-likeness (QED) is 0.857. The van der Waals surface area contributed by atoms with Crippen molar-refractivity contribution in [3.63, 3.8) is 0 Å². The summed E-state index contributed by atoms with van der Waals surface area (Å²) in [5.41, 5.74) is 4.28. The normalized spacial score (nSPS) is 15.3. The molecule has 2 aromatic carbocycles. The van der Waals surface area contributed by atoms with Crippen LogP contribution in [0.3, 0.4) is 0 Å². The molecule has 0 spiro atoms. The first kappa shape index (κ1) is 20.2. The lowest BCUT2D eigenvalue weighted by Gasteiger charge is -2.38. The van der Waals surface area contributed by atoms with Crippen molar-refractivity contribution in [2.45, 2.75) is 26.8 Å². The number of rotatable bonds is 4. The summed E-state index contributed by atoms with van der Waals surface area (Å²) >= 11 is 5.85. The molecule has 1 fully saturated rings. The maximum Gasteiger partial charge on any atom is 0.251 e. The molecule has 0 bridgehead atoms. The molecule has 0 saturated carbocycles. The molecular weight excluding hydrogens is 374 g/mol. The fourth-order valence-electron chi connectivity index (χ4n) is 3.46. The van der Waals surface area contributed by atoms with E-state index in [1.54, 1.807) is 31.2 Å². The van der Waals surface area contributed by atoms with Crippen LogP contribution in [-0.2, 0) is 4.79 Å². The summed E-state index contributed by atoms with van der Waals surface area (Å²) in [7, 11) is 0. The summed E-state index contributed by atoms with van der Waals surface area (Å²) < 4.78 is 0. The van der Waals surface area contributed by atoms with Gasteiger partial charge in [-0.2, -0.15) is 0 Å². The zero-order chi connectivity index (χ0) is 20.3. The summed E-state index contributed by atoms with van der Waals surface area (Å²) in [4.78, 5) is 29.2. The fraction of sp³-hybridized carbons (Fsp3) is 0.364. The highest BCUT2D eigenvalue weighted by Gasteiger charge is 2.26. The van der Waals surface area contributed by atoms with E-state index >= 15 is 0 Å². The molecule has 1 atom stereocenters. The highest BCUT2D eigenvalue weighted by Crippen LogP contribution is 2.24. The average Bonchev–Trinajstić information content (AvgIpc) is 2.70. The van der Waals surface area contributed by atoms with Crippen LogP contribution in [0.1, 0.15) is 28.4 Å². The van der Waals surface area contributed by atoms with E-state index in [0.717, 1.165) is 13.1 Å². The first-order chi connectivity index (χ1) is 13.4. The molecule has 6 heteroatoms. The topological polar surface area (TPSA) is 52.6 Å². The minimum atomic E-state index is -0.574. The van der Waals surface area contributed by atoms with Crippen molar-refractivity contribution in [1.29, 1.82) is 0 Å². The highest BCUT2D eigenvalue weighted by molar-refractivity contribution is 6.30. The van der Waals surface area contributed by atoms with E-state index < -0.39 is 6.04 Å². The maximum absolute atomic E-state index is 12.8. The molecule has 2 amide bonds. The molecule has 3 rings (SSSR count). The third-order valence-electron chi connectivity index (χ3n) is 5.33. The Hall–Kier alpha value is -2.53. The molecule has 5 nitrogen and oxygen atoms in total. The van der Waals surface area contributed by atoms with E-state index in [1.807, 2.05) is 4.90 Å². The van der Waals surface area contributed by atoms with Gasteiger partial charge in [0.25, 0.3) is 5.91 Å². The molecule has 1 unspecified atom stereocenters. The van der Waals surface area contributed by atoms with Gasteiger partial charge in [-0.25, -0.2) is 0 Å². The van der Waals surface area contributed by atoms with Crippen molar-refractivity contribution in [1.82, 2.24) is 10.2 Å². The minimum Gasteiger partial charge on any atom is -0.368 e. The van der Waals surface area contributed by atoms with Crippen LogP contribution in [0.25, 0.3) is 0 Å². The number of halogens is 1. The summed E-state index contributed by atoms with van der Waals surface area (Å²) in [5, 5.41) is 3.36. The number of carbonyl (C=O) groups excluding carboxylic acids is 2. The van der Waals surface area contributed by atoms with Crippen LogP contribution in [0.15, 0.2) is 42.5 Å². The third-order valence-corrected chi connectivity index (χ3v) is 5.58. The van der Waals surface area contributed by atoms with Gasteiger partial charge in [0, 0.05) is 42.5 Å². The number of benzene rings is 2. The number of amides is 2. The number of piperazine rings is 1. The van der Waals surface area contributed by atoms with Crippen LogP contribution in [0.4, 0.5) is 5.69 Å². The van der Waals surface area contributed by atoms with Crippen molar-refractivity contribution in [2.75, 3.05) is 31.1 Å². The Kier molecular flexibility index (Phi) is 6.25. The predicted octanol–water partition coefficient (Wildman–Crippen LogP) is 3.42. The molecule has 0 aliphatic carbocycles. The van der Waals surface area contributed by atoms with Crippen LogP contribution in [0, 0.1) is 13.8 Å². The Morgan fingerprint density at radius 1 is 1.00 bits per heavy atom. The van der Waals surface area contributed by atoms with Crippen LogP contribution in [0.2, 0.25) is 5.02 Å². The van der Waals surface area contributed by atoms with Crippen LogP contribution in [-0.4, -0.2) is 48.9 Å². The summed E-state index contributed by atoms with van der Waals surface area (Å²) in [6, 6.07) is 12.4. The van der Waals surface area contributed by atoms with Gasteiger partial charge < -0.3 is 15.1 Å². The summed E-state index contributed by atoms with van der Waals surface area (Å²) in [6.07, 6.45) is 0. The van der Waals surface area contributed by atoms with Crippen LogP contribution in [0.5, 0.6) is 0 Å². The van der Waals surface area contributed by atoms with E-state index in [9.17, 15) is 9.59 Å². The van der Waals surface area contributed by atoms with Crippen molar-refractivity contribution < 1.29 is 9.59 Å². The van der Waals surface area contributed by atoms with E-state index in [-0.39, 0.29) is 11.8 Å². The Balaban J connectivity index is 1.56. The number of nitrogens with one attached hydrogen (secondary N) is 1. The number of anilines is 1. The Bertz CT molecular complexity index is 859. The van der Waals surface area contributed by atoms with E-state index in [0.29, 0.717) is 23.7 Å². The first-order valence-electron chi connectivity index (χ1n) is 9.53. The van der Waals surface area contributed by atoms with Gasteiger partial charge in [0.15, 0.2) is 0 Å². The van der Waals surface area contributed by atoms with Gasteiger partial charge in [0.1, 0.15) is 6.04 Å².